The van der Waals surface area contributed by atoms with Gasteiger partial charge in [0.05, 0.1) is 0 Å². The lowest BCUT2D eigenvalue weighted by molar-refractivity contribution is 0.305. The Hall–Kier alpha value is -2.64. The number of hydrogen-bond acceptors (Lipinski definition) is 6. The van der Waals surface area contributed by atoms with Crippen LogP contribution in [0.1, 0.15) is 5.69 Å². The Bertz CT molecular complexity index is 537. The fourth-order valence-corrected chi connectivity index (χ4v) is 1.16. The van der Waals surface area contributed by atoms with Crippen molar-refractivity contribution >= 4 is 17.3 Å². The summed E-state index contributed by atoms with van der Waals surface area (Å²) in [5.41, 5.74) is 5.99. The Kier molecular flexibility index (Phi) is 2.86. The van der Waals surface area contributed by atoms with Gasteiger partial charge in [-0.15, -0.1) is 0 Å². The minimum atomic E-state index is -0.356. The molecule has 0 aliphatic heterocycles. The van der Waals surface area contributed by atoms with E-state index in [2.05, 4.69) is 25.4 Å². The lowest BCUT2D eigenvalue weighted by Gasteiger charge is -2.02. The molecule has 0 amide bonds. The Balaban J connectivity index is 2.25. The topological polar surface area (TPSA) is 110 Å². The summed E-state index contributed by atoms with van der Waals surface area (Å²) in [6.45, 7) is 0. The van der Waals surface area contributed by atoms with Crippen molar-refractivity contribution in [2.75, 3.05) is 5.32 Å². The molecule has 0 aliphatic carbocycles. The summed E-state index contributed by atoms with van der Waals surface area (Å²) in [5.74, 6) is -0.423. The maximum absolute atomic E-state index is 12.7. The number of nitrogens with two attached hydrogens (primary N) is 1. The van der Waals surface area contributed by atoms with Crippen LogP contribution in [-0.2, 0) is 0 Å². The molecular formula is C9H8FN5O2. The predicted octanol–water partition coefficient (Wildman–Crippen LogP) is 1.05. The number of hydrogen-bond donors (Lipinski definition) is 3. The highest BCUT2D eigenvalue weighted by atomic mass is 19.1. The number of halogens is 1. The van der Waals surface area contributed by atoms with Crippen molar-refractivity contribution in [3.63, 3.8) is 0 Å². The molecule has 0 aliphatic rings. The zero-order chi connectivity index (χ0) is 12.3. The Morgan fingerprint density at radius 2 is 2.06 bits per heavy atom. The van der Waals surface area contributed by atoms with Crippen LogP contribution in [0.4, 0.5) is 15.9 Å². The van der Waals surface area contributed by atoms with Crippen LogP contribution in [0.5, 0.6) is 0 Å². The Morgan fingerprint density at radius 1 is 1.35 bits per heavy atom. The van der Waals surface area contributed by atoms with Crippen molar-refractivity contribution in [2.45, 2.75) is 0 Å². The minimum absolute atomic E-state index is 0.0665. The van der Waals surface area contributed by atoms with Crippen LogP contribution < -0.4 is 11.1 Å². The van der Waals surface area contributed by atoms with Gasteiger partial charge in [-0.25, -0.2) is 9.02 Å². The van der Waals surface area contributed by atoms with Gasteiger partial charge >= 0.3 is 0 Å². The average molecular weight is 237 g/mol. The van der Waals surface area contributed by atoms with Crippen molar-refractivity contribution in [3.05, 3.63) is 35.8 Å². The van der Waals surface area contributed by atoms with E-state index in [-0.39, 0.29) is 23.2 Å². The molecule has 1 heterocycles. The van der Waals surface area contributed by atoms with Crippen LogP contribution in [0.25, 0.3) is 0 Å². The highest BCUT2D eigenvalue weighted by molar-refractivity contribution is 5.99. The molecule has 0 spiro atoms. The third-order valence-corrected chi connectivity index (χ3v) is 1.95. The molecule has 0 fully saturated rings. The van der Waals surface area contributed by atoms with Gasteiger partial charge in [-0.2, -0.15) is 0 Å². The van der Waals surface area contributed by atoms with Crippen LogP contribution in [0.3, 0.4) is 0 Å². The fraction of sp³-hybridized carbons (Fsp3) is 0. The molecule has 0 bridgehead atoms. The molecule has 0 radical (unpaired) electrons. The molecule has 1 aromatic heterocycles. The van der Waals surface area contributed by atoms with Gasteiger partial charge in [0.1, 0.15) is 5.82 Å². The quantitative estimate of drug-likeness (QED) is 0.318. The van der Waals surface area contributed by atoms with Crippen LogP contribution >= 0.6 is 0 Å². The van der Waals surface area contributed by atoms with Crippen LogP contribution in [0.15, 0.2) is 34.1 Å². The lowest BCUT2D eigenvalue weighted by Crippen LogP contribution is -2.15. The second-order valence-electron chi connectivity index (χ2n) is 3.08. The molecule has 7 nitrogen and oxygen atoms in total. The summed E-state index contributed by atoms with van der Waals surface area (Å²) in [4.78, 5) is 0. The van der Waals surface area contributed by atoms with Gasteiger partial charge in [0.15, 0.2) is 11.5 Å². The summed E-state index contributed by atoms with van der Waals surface area (Å²) in [6, 6.07) is 5.55. The first kappa shape index (κ1) is 10.9. The molecule has 0 atom stereocenters. The average Bonchev–Trinajstić information content (AvgIpc) is 2.79. The monoisotopic (exact) mass is 237 g/mol. The number of amidine groups is 1. The highest BCUT2D eigenvalue weighted by Gasteiger charge is 2.14. The molecule has 17 heavy (non-hydrogen) atoms. The zero-order valence-corrected chi connectivity index (χ0v) is 8.46. The van der Waals surface area contributed by atoms with E-state index in [0.29, 0.717) is 5.69 Å². The molecule has 1 aromatic carbocycles. The number of nitrogens with zero attached hydrogens (tertiary/aromatic N) is 3. The van der Waals surface area contributed by atoms with Crippen LogP contribution in [-0.4, -0.2) is 21.4 Å². The van der Waals surface area contributed by atoms with E-state index in [1.54, 1.807) is 0 Å². The highest BCUT2D eigenvalue weighted by Crippen LogP contribution is 2.17. The first-order valence-electron chi connectivity index (χ1n) is 4.53. The van der Waals surface area contributed by atoms with Crippen molar-refractivity contribution < 1.29 is 14.2 Å². The predicted molar refractivity (Wildman–Crippen MR) is 56.5 cm³/mol. The second-order valence-corrected chi connectivity index (χ2v) is 3.08. The molecule has 0 saturated carbocycles. The van der Waals surface area contributed by atoms with E-state index in [1.807, 2.05) is 0 Å². The van der Waals surface area contributed by atoms with E-state index >= 15 is 0 Å². The van der Waals surface area contributed by atoms with Gasteiger partial charge in [0, 0.05) is 5.69 Å². The minimum Gasteiger partial charge on any atom is -0.409 e. The van der Waals surface area contributed by atoms with Gasteiger partial charge in [-0.05, 0) is 34.6 Å². The van der Waals surface area contributed by atoms with E-state index < -0.39 is 0 Å². The first-order valence-corrected chi connectivity index (χ1v) is 4.53. The largest absolute Gasteiger partial charge is 0.409 e. The zero-order valence-electron chi connectivity index (χ0n) is 8.46. The van der Waals surface area contributed by atoms with Gasteiger partial charge in [0.2, 0.25) is 5.82 Å². The molecule has 2 rings (SSSR count). The van der Waals surface area contributed by atoms with Gasteiger partial charge in [0.25, 0.3) is 0 Å². The molecular weight excluding hydrogens is 229 g/mol. The summed E-state index contributed by atoms with van der Waals surface area (Å²) in [5, 5.41) is 21.1. The fourth-order valence-electron chi connectivity index (χ4n) is 1.16. The van der Waals surface area contributed by atoms with Crippen molar-refractivity contribution in [2.24, 2.45) is 10.9 Å². The third kappa shape index (κ3) is 2.30. The molecule has 0 saturated heterocycles. The second kappa shape index (κ2) is 4.47. The summed E-state index contributed by atoms with van der Waals surface area (Å²) in [6.07, 6.45) is 0. The van der Waals surface area contributed by atoms with E-state index in [0.717, 1.165) is 0 Å². The number of nitrogens with one attached hydrogen (secondary N) is 1. The molecule has 2 aromatic rings. The van der Waals surface area contributed by atoms with Crippen LogP contribution in [0, 0.1) is 5.82 Å². The summed E-state index contributed by atoms with van der Waals surface area (Å²) >= 11 is 0. The number of aromatic nitrogens is 2. The number of oxime groups is 1. The van der Waals surface area contributed by atoms with E-state index in [9.17, 15) is 4.39 Å². The van der Waals surface area contributed by atoms with Crippen molar-refractivity contribution in [1.82, 2.24) is 10.3 Å². The van der Waals surface area contributed by atoms with E-state index in [1.165, 1.54) is 24.3 Å². The summed E-state index contributed by atoms with van der Waals surface area (Å²) < 4.78 is 17.1. The standard InChI is InChI=1S/C9H8FN5O2/c10-5-1-3-6(4-2-5)12-9-7(8(11)13-16)14-17-15-9/h1-4,16H,(H2,11,13)(H,12,15). The smallest absolute Gasteiger partial charge is 0.206 e. The van der Waals surface area contributed by atoms with E-state index in [4.69, 9.17) is 10.9 Å². The maximum atomic E-state index is 12.7. The lowest BCUT2D eigenvalue weighted by atomic mass is 10.3. The van der Waals surface area contributed by atoms with Gasteiger partial charge in [-0.1, -0.05) is 5.16 Å². The maximum Gasteiger partial charge on any atom is 0.206 e. The summed E-state index contributed by atoms with van der Waals surface area (Å²) in [7, 11) is 0. The third-order valence-electron chi connectivity index (χ3n) is 1.95. The molecule has 4 N–H and O–H groups in total. The Labute approximate surface area is 94.7 Å². The Morgan fingerprint density at radius 3 is 2.71 bits per heavy atom. The molecule has 0 unspecified atom stereocenters. The van der Waals surface area contributed by atoms with Gasteiger partial charge in [-0.3, -0.25) is 0 Å². The van der Waals surface area contributed by atoms with Crippen LogP contribution in [0.2, 0.25) is 0 Å². The normalized spacial score (nSPS) is 11.5. The molecule has 8 heteroatoms. The first-order chi connectivity index (χ1) is 8.20. The number of benzene rings is 1. The SMILES string of the molecule is NC(=NO)c1nonc1Nc1ccc(F)cc1. The number of anilines is 2. The van der Waals surface area contributed by atoms with Crippen molar-refractivity contribution in [1.29, 1.82) is 0 Å². The van der Waals surface area contributed by atoms with Gasteiger partial charge < -0.3 is 16.3 Å². The van der Waals surface area contributed by atoms with Crippen molar-refractivity contribution in [3.8, 4) is 0 Å². The molecule has 88 valence electrons. The number of rotatable bonds is 3.